The van der Waals surface area contributed by atoms with E-state index in [-0.39, 0.29) is 40.9 Å². The van der Waals surface area contributed by atoms with Gasteiger partial charge in [-0.3, -0.25) is 0 Å². The van der Waals surface area contributed by atoms with Crippen LogP contribution in [0, 0.1) is 0 Å². The third kappa shape index (κ3) is 3.08. The molecule has 0 saturated carbocycles. The molecule has 5 nitrogen and oxygen atoms in total. The quantitative estimate of drug-likeness (QED) is 0.334. The summed E-state index contributed by atoms with van der Waals surface area (Å²) < 4.78 is 6.43. The van der Waals surface area contributed by atoms with Crippen LogP contribution in [0.3, 0.4) is 0 Å². The summed E-state index contributed by atoms with van der Waals surface area (Å²) >= 11 is 0. The van der Waals surface area contributed by atoms with E-state index in [4.69, 9.17) is 4.74 Å². The second kappa shape index (κ2) is 7.20. The van der Waals surface area contributed by atoms with Crippen molar-refractivity contribution in [3.8, 4) is 28.7 Å². The van der Waals surface area contributed by atoms with Crippen molar-refractivity contribution in [3.63, 3.8) is 0 Å². The highest BCUT2D eigenvalue weighted by molar-refractivity contribution is 5.62. The number of rotatable bonds is 2. The molecule has 0 radical (unpaired) electrons. The van der Waals surface area contributed by atoms with Crippen LogP contribution in [0.5, 0.6) is 28.7 Å². The first-order valence-corrected chi connectivity index (χ1v) is 10.9. The monoisotopic (exact) mass is 438 g/mol. The lowest BCUT2D eigenvalue weighted by molar-refractivity contribution is 0.221. The summed E-state index contributed by atoms with van der Waals surface area (Å²) in [4.78, 5) is 0. The maximum absolute atomic E-state index is 11.1. The number of hydrogen-bond donors (Lipinski definition) is 4. The van der Waals surface area contributed by atoms with Gasteiger partial charge in [-0.1, -0.05) is 36.4 Å². The molecule has 33 heavy (non-hydrogen) atoms. The van der Waals surface area contributed by atoms with Gasteiger partial charge in [0.25, 0.3) is 0 Å². The minimum absolute atomic E-state index is 0.00649. The first-order valence-electron chi connectivity index (χ1n) is 10.9. The van der Waals surface area contributed by atoms with E-state index >= 15 is 0 Å². The zero-order valence-corrected chi connectivity index (χ0v) is 17.6. The normalized spacial score (nSPS) is 20.4. The van der Waals surface area contributed by atoms with Crippen molar-refractivity contribution < 1.29 is 25.2 Å². The van der Waals surface area contributed by atoms with Crippen molar-refractivity contribution in [1.82, 2.24) is 0 Å². The molecular weight excluding hydrogens is 416 g/mol. The third-order valence-electron chi connectivity index (χ3n) is 6.82. The zero-order chi connectivity index (χ0) is 22.7. The van der Waals surface area contributed by atoms with Gasteiger partial charge in [0, 0.05) is 23.1 Å². The molecule has 2 aliphatic rings. The number of benzene rings is 4. The highest BCUT2D eigenvalue weighted by Gasteiger charge is 2.43. The number of aromatic hydroxyl groups is 4. The fourth-order valence-corrected chi connectivity index (χ4v) is 5.42. The summed E-state index contributed by atoms with van der Waals surface area (Å²) in [5.41, 5.74) is 5.61. The highest BCUT2D eigenvalue weighted by atomic mass is 16.5. The van der Waals surface area contributed by atoms with E-state index in [1.807, 2.05) is 36.4 Å². The fourth-order valence-electron chi connectivity index (χ4n) is 5.42. The van der Waals surface area contributed by atoms with Crippen LogP contribution in [0.2, 0.25) is 0 Å². The molecule has 0 aromatic heterocycles. The van der Waals surface area contributed by atoms with Crippen molar-refractivity contribution in [2.24, 2.45) is 0 Å². The Hall–Kier alpha value is -4.12. The predicted molar refractivity (Wildman–Crippen MR) is 123 cm³/mol. The lowest BCUT2D eigenvalue weighted by Gasteiger charge is -2.25. The molecule has 4 aromatic carbocycles. The van der Waals surface area contributed by atoms with Gasteiger partial charge in [-0.05, 0) is 65.1 Å². The molecule has 0 amide bonds. The summed E-state index contributed by atoms with van der Waals surface area (Å²) in [5, 5.41) is 41.1. The number of phenolic OH excluding ortho intramolecular Hbond substituents is 4. The van der Waals surface area contributed by atoms with Gasteiger partial charge in [-0.2, -0.15) is 0 Å². The number of hydrogen-bond acceptors (Lipinski definition) is 5. The van der Waals surface area contributed by atoms with Gasteiger partial charge in [0.05, 0.1) is 5.92 Å². The van der Waals surface area contributed by atoms with Gasteiger partial charge in [0.2, 0.25) is 0 Å². The minimum Gasteiger partial charge on any atom is -0.508 e. The maximum atomic E-state index is 11.1. The van der Waals surface area contributed by atoms with Crippen molar-refractivity contribution in [2.45, 2.75) is 24.4 Å². The number of phenols is 4. The molecule has 0 bridgehead atoms. The summed E-state index contributed by atoms with van der Waals surface area (Å²) in [6, 6.07) is 23.1. The van der Waals surface area contributed by atoms with Gasteiger partial charge >= 0.3 is 0 Å². The Labute approximate surface area is 190 Å². The topological polar surface area (TPSA) is 90.2 Å². The average molecular weight is 438 g/mol. The van der Waals surface area contributed by atoms with Crippen LogP contribution in [0.4, 0.5) is 0 Å². The molecule has 6 rings (SSSR count). The van der Waals surface area contributed by atoms with Gasteiger partial charge in [0.15, 0.2) is 0 Å². The molecule has 4 aromatic rings. The van der Waals surface area contributed by atoms with E-state index in [0.717, 1.165) is 39.1 Å². The van der Waals surface area contributed by atoms with E-state index in [2.05, 4.69) is 6.07 Å². The van der Waals surface area contributed by atoms with E-state index in [1.54, 1.807) is 30.3 Å². The largest absolute Gasteiger partial charge is 0.508 e. The molecule has 1 aliphatic heterocycles. The van der Waals surface area contributed by atoms with E-state index in [0.29, 0.717) is 6.42 Å². The van der Waals surface area contributed by atoms with Crippen molar-refractivity contribution in [2.75, 3.05) is 0 Å². The molecule has 1 unspecified atom stereocenters. The number of ether oxygens (including phenoxy) is 1. The summed E-state index contributed by atoms with van der Waals surface area (Å²) in [6.07, 6.45) is 0.266. The Morgan fingerprint density at radius 1 is 0.667 bits per heavy atom. The van der Waals surface area contributed by atoms with Crippen molar-refractivity contribution in [1.29, 1.82) is 0 Å². The Morgan fingerprint density at radius 3 is 2.03 bits per heavy atom. The summed E-state index contributed by atoms with van der Waals surface area (Å²) in [5.74, 6) is 0.774. The molecule has 1 aliphatic carbocycles. The average Bonchev–Trinajstić information content (AvgIpc) is 3.11. The smallest absolute Gasteiger partial charge is 0.135 e. The standard InChI is InChI=1S/C28H22O5/c29-18-8-4-15(5-9-18)21-12-17-2-1-3-24-25(17)27(22-13-20(31)14-23(32)26(21)22)28(33-24)16-6-10-19(30)11-7-16/h1-11,13-14,21,27-32H,12H2/t21-,27-,28?/m1/s1. The highest BCUT2D eigenvalue weighted by Crippen LogP contribution is 2.57. The third-order valence-corrected chi connectivity index (χ3v) is 6.82. The van der Waals surface area contributed by atoms with Gasteiger partial charge in [-0.25, -0.2) is 0 Å². The minimum atomic E-state index is -0.375. The SMILES string of the molecule is Oc1ccc(C2Oc3cccc4c3[C@H]2c2cc(O)cc(O)c2[C@@H](c2ccc(O)cc2)C4)cc1. The fraction of sp³-hybridized carbons (Fsp3) is 0.143. The molecule has 0 saturated heterocycles. The van der Waals surface area contributed by atoms with Gasteiger partial charge < -0.3 is 25.2 Å². The molecule has 4 N–H and O–H groups in total. The maximum Gasteiger partial charge on any atom is 0.135 e. The molecule has 5 heteroatoms. The Kier molecular flexibility index (Phi) is 4.27. The molecule has 3 atom stereocenters. The van der Waals surface area contributed by atoms with Crippen LogP contribution >= 0.6 is 0 Å². The van der Waals surface area contributed by atoms with E-state index < -0.39 is 0 Å². The molecular formula is C28H22O5. The lowest BCUT2D eigenvalue weighted by Crippen LogP contribution is -2.13. The van der Waals surface area contributed by atoms with Crippen molar-refractivity contribution in [3.05, 3.63) is 112 Å². The first-order chi connectivity index (χ1) is 16.0. The van der Waals surface area contributed by atoms with Crippen LogP contribution in [-0.2, 0) is 6.42 Å². The molecule has 164 valence electrons. The summed E-state index contributed by atoms with van der Waals surface area (Å²) in [7, 11) is 0. The van der Waals surface area contributed by atoms with Crippen LogP contribution in [-0.4, -0.2) is 20.4 Å². The summed E-state index contributed by atoms with van der Waals surface area (Å²) in [6.45, 7) is 0. The van der Waals surface area contributed by atoms with Crippen LogP contribution in [0.1, 0.15) is 51.3 Å². The van der Waals surface area contributed by atoms with Crippen LogP contribution < -0.4 is 4.74 Å². The molecule has 0 fully saturated rings. The van der Waals surface area contributed by atoms with E-state index in [9.17, 15) is 20.4 Å². The van der Waals surface area contributed by atoms with Gasteiger partial charge in [-0.15, -0.1) is 0 Å². The predicted octanol–water partition coefficient (Wildman–Crippen LogP) is 5.46. The van der Waals surface area contributed by atoms with Crippen molar-refractivity contribution >= 4 is 0 Å². The lowest BCUT2D eigenvalue weighted by atomic mass is 9.80. The second-order valence-corrected chi connectivity index (χ2v) is 8.75. The number of fused-ring (bicyclic) bond motifs is 2. The van der Waals surface area contributed by atoms with Crippen LogP contribution in [0.15, 0.2) is 78.9 Å². The van der Waals surface area contributed by atoms with E-state index in [1.165, 1.54) is 6.07 Å². The second-order valence-electron chi connectivity index (χ2n) is 8.75. The van der Waals surface area contributed by atoms with Crippen LogP contribution in [0.25, 0.3) is 0 Å². The zero-order valence-electron chi connectivity index (χ0n) is 17.6. The van der Waals surface area contributed by atoms with Gasteiger partial charge in [0.1, 0.15) is 34.9 Å². The Morgan fingerprint density at radius 2 is 1.33 bits per heavy atom. The Bertz CT molecular complexity index is 1360. The first kappa shape index (κ1) is 19.6. The molecule has 0 spiro atoms. The molecule has 1 heterocycles. The Balaban J connectivity index is 1.62.